The van der Waals surface area contributed by atoms with E-state index in [0.717, 1.165) is 36.1 Å². The molecule has 2 rings (SSSR count). The summed E-state index contributed by atoms with van der Waals surface area (Å²) in [5.74, 6) is 0.137. The van der Waals surface area contributed by atoms with E-state index in [4.69, 9.17) is 0 Å². The molecule has 1 saturated heterocycles. The van der Waals surface area contributed by atoms with Gasteiger partial charge in [-0.25, -0.2) is 0 Å². The number of rotatable bonds is 2. The average Bonchev–Trinajstić information content (AvgIpc) is 2.75. The lowest BCUT2D eigenvalue weighted by Crippen LogP contribution is -2.47. The molecule has 0 radical (unpaired) electrons. The summed E-state index contributed by atoms with van der Waals surface area (Å²) in [4.78, 5) is 14.2. The molecule has 1 aromatic rings. The molecule has 0 saturated carbocycles. The van der Waals surface area contributed by atoms with Crippen LogP contribution in [-0.4, -0.2) is 35.2 Å². The fourth-order valence-electron chi connectivity index (χ4n) is 2.03. The van der Waals surface area contributed by atoms with Gasteiger partial charge in [0, 0.05) is 24.5 Å². The van der Waals surface area contributed by atoms with Gasteiger partial charge in [0.15, 0.2) is 0 Å². The lowest BCUT2D eigenvalue weighted by molar-refractivity contribution is -0.129. The lowest BCUT2D eigenvalue weighted by atomic mass is 9.94. The minimum absolute atomic E-state index is 0.137. The molecule has 19 heavy (non-hydrogen) atoms. The van der Waals surface area contributed by atoms with Gasteiger partial charge in [0.2, 0.25) is 11.0 Å². The number of nitrogens with one attached hydrogen (secondary N) is 1. The predicted molar refractivity (Wildman–Crippen MR) is 77.5 cm³/mol. The number of nitrogens with zero attached hydrogens (tertiary/aromatic N) is 3. The van der Waals surface area contributed by atoms with Crippen LogP contribution < -0.4 is 10.2 Å². The van der Waals surface area contributed by atoms with Gasteiger partial charge in [-0.15, -0.1) is 10.2 Å². The van der Waals surface area contributed by atoms with Crippen LogP contribution in [0, 0.1) is 12.3 Å². The zero-order valence-electron chi connectivity index (χ0n) is 12.1. The van der Waals surface area contributed by atoms with Gasteiger partial charge in [0.1, 0.15) is 5.01 Å². The smallest absolute Gasteiger partial charge is 0.225 e. The van der Waals surface area contributed by atoms with Gasteiger partial charge in [0.25, 0.3) is 0 Å². The molecule has 0 aromatic carbocycles. The fourth-order valence-corrected chi connectivity index (χ4v) is 2.77. The van der Waals surface area contributed by atoms with Crippen molar-refractivity contribution in [2.75, 3.05) is 18.0 Å². The van der Waals surface area contributed by atoms with Crippen LogP contribution >= 0.6 is 11.3 Å². The molecule has 0 unspecified atom stereocenters. The molecule has 1 aliphatic rings. The molecule has 0 bridgehead atoms. The quantitative estimate of drug-likeness (QED) is 0.901. The molecule has 106 valence electrons. The van der Waals surface area contributed by atoms with Crippen molar-refractivity contribution in [2.45, 2.75) is 46.6 Å². The average molecular weight is 282 g/mol. The number of hydrogen-bond donors (Lipinski definition) is 1. The van der Waals surface area contributed by atoms with Crippen LogP contribution in [0.5, 0.6) is 0 Å². The third-order valence-electron chi connectivity index (χ3n) is 3.30. The highest BCUT2D eigenvalue weighted by Gasteiger charge is 2.27. The molecule has 6 heteroatoms. The number of carbonyl (C=O) groups is 1. The van der Waals surface area contributed by atoms with Crippen molar-refractivity contribution in [1.29, 1.82) is 0 Å². The van der Waals surface area contributed by atoms with E-state index in [9.17, 15) is 4.79 Å². The summed E-state index contributed by atoms with van der Waals surface area (Å²) in [6, 6.07) is 0.289. The molecular formula is C13H22N4OS. The summed E-state index contributed by atoms with van der Waals surface area (Å²) >= 11 is 1.63. The number of hydrogen-bond acceptors (Lipinski definition) is 5. The van der Waals surface area contributed by atoms with E-state index in [2.05, 4.69) is 20.4 Å². The maximum Gasteiger partial charge on any atom is 0.225 e. The second kappa shape index (κ2) is 5.45. The molecule has 0 aliphatic carbocycles. The Kier molecular flexibility index (Phi) is 4.08. The van der Waals surface area contributed by atoms with Crippen molar-refractivity contribution in [1.82, 2.24) is 15.5 Å². The van der Waals surface area contributed by atoms with Crippen molar-refractivity contribution in [3.05, 3.63) is 5.01 Å². The Bertz CT molecular complexity index is 444. The molecule has 5 nitrogen and oxygen atoms in total. The van der Waals surface area contributed by atoms with Crippen LogP contribution in [0.1, 0.15) is 38.6 Å². The lowest BCUT2D eigenvalue weighted by Gasteiger charge is -2.33. The normalized spacial score (nSPS) is 17.6. The minimum Gasteiger partial charge on any atom is -0.353 e. The van der Waals surface area contributed by atoms with Crippen LogP contribution in [0.3, 0.4) is 0 Å². The third-order valence-corrected chi connectivity index (χ3v) is 4.20. The van der Waals surface area contributed by atoms with Crippen LogP contribution in [0.15, 0.2) is 0 Å². The van der Waals surface area contributed by atoms with E-state index < -0.39 is 0 Å². The van der Waals surface area contributed by atoms with Crippen LogP contribution in [-0.2, 0) is 4.79 Å². The SMILES string of the molecule is Cc1nnc(N2CCC(NC(=O)C(C)(C)C)CC2)s1. The molecule has 1 N–H and O–H groups in total. The summed E-state index contributed by atoms with van der Waals surface area (Å²) in [5.41, 5.74) is -0.312. The third kappa shape index (κ3) is 3.65. The van der Waals surface area contributed by atoms with Crippen LogP contribution in [0.25, 0.3) is 0 Å². The van der Waals surface area contributed by atoms with Gasteiger partial charge in [-0.3, -0.25) is 4.79 Å². The monoisotopic (exact) mass is 282 g/mol. The number of aromatic nitrogens is 2. The topological polar surface area (TPSA) is 58.1 Å². The Balaban J connectivity index is 1.84. The summed E-state index contributed by atoms with van der Waals surface area (Å²) in [7, 11) is 0. The molecule has 0 spiro atoms. The van der Waals surface area contributed by atoms with Crippen LogP contribution in [0.4, 0.5) is 5.13 Å². The Hall–Kier alpha value is -1.17. The first-order chi connectivity index (χ1) is 8.86. The maximum absolute atomic E-state index is 11.9. The van der Waals surface area contributed by atoms with Crippen molar-refractivity contribution < 1.29 is 4.79 Å². The van der Waals surface area contributed by atoms with E-state index in [0.29, 0.717) is 0 Å². The molecule has 1 amide bonds. The molecular weight excluding hydrogens is 260 g/mol. The Morgan fingerprint density at radius 2 is 1.95 bits per heavy atom. The predicted octanol–water partition coefficient (Wildman–Crippen LogP) is 1.98. The largest absolute Gasteiger partial charge is 0.353 e. The highest BCUT2D eigenvalue weighted by atomic mass is 32.1. The van der Waals surface area contributed by atoms with Gasteiger partial charge in [-0.1, -0.05) is 32.1 Å². The first-order valence-corrected chi connectivity index (χ1v) is 7.54. The van der Waals surface area contributed by atoms with Crippen molar-refractivity contribution in [3.63, 3.8) is 0 Å². The van der Waals surface area contributed by atoms with Crippen molar-refractivity contribution in [2.24, 2.45) is 5.41 Å². The molecule has 0 atom stereocenters. The first-order valence-electron chi connectivity index (χ1n) is 6.72. The second-order valence-corrected chi connectivity index (χ2v) is 7.25. The summed E-state index contributed by atoms with van der Waals surface area (Å²) < 4.78 is 0. The Morgan fingerprint density at radius 3 is 2.42 bits per heavy atom. The second-order valence-electron chi connectivity index (χ2n) is 6.09. The van der Waals surface area contributed by atoms with E-state index in [-0.39, 0.29) is 17.4 Å². The van der Waals surface area contributed by atoms with Gasteiger partial charge < -0.3 is 10.2 Å². The number of aryl methyl sites for hydroxylation is 1. The van der Waals surface area contributed by atoms with E-state index in [1.165, 1.54) is 0 Å². The fraction of sp³-hybridized carbons (Fsp3) is 0.769. The highest BCUT2D eigenvalue weighted by molar-refractivity contribution is 7.15. The minimum atomic E-state index is -0.312. The number of carbonyl (C=O) groups excluding carboxylic acids is 1. The number of anilines is 1. The Labute approximate surface area is 118 Å². The van der Waals surface area contributed by atoms with E-state index in [1.807, 2.05) is 27.7 Å². The molecule has 1 fully saturated rings. The summed E-state index contributed by atoms with van der Waals surface area (Å²) in [6.07, 6.45) is 1.95. The van der Waals surface area contributed by atoms with E-state index >= 15 is 0 Å². The highest BCUT2D eigenvalue weighted by Crippen LogP contribution is 2.24. The van der Waals surface area contributed by atoms with Gasteiger partial charge in [-0.2, -0.15) is 0 Å². The summed E-state index contributed by atoms with van der Waals surface area (Å²) in [6.45, 7) is 9.68. The number of amides is 1. The van der Waals surface area contributed by atoms with Crippen molar-refractivity contribution in [3.8, 4) is 0 Å². The zero-order valence-corrected chi connectivity index (χ0v) is 12.9. The van der Waals surface area contributed by atoms with Crippen molar-refractivity contribution >= 4 is 22.4 Å². The Morgan fingerprint density at radius 1 is 1.32 bits per heavy atom. The molecule has 1 aliphatic heterocycles. The molecule has 1 aromatic heterocycles. The van der Waals surface area contributed by atoms with E-state index in [1.54, 1.807) is 11.3 Å². The summed E-state index contributed by atoms with van der Waals surface area (Å²) in [5, 5.41) is 13.4. The van der Waals surface area contributed by atoms with Crippen LogP contribution in [0.2, 0.25) is 0 Å². The van der Waals surface area contributed by atoms with Gasteiger partial charge in [-0.05, 0) is 19.8 Å². The van der Waals surface area contributed by atoms with Gasteiger partial charge >= 0.3 is 0 Å². The standard InChI is InChI=1S/C13H22N4OS/c1-9-15-16-12(19-9)17-7-5-10(6-8-17)14-11(18)13(2,3)4/h10H,5-8H2,1-4H3,(H,14,18). The zero-order chi connectivity index (χ0) is 14.0. The maximum atomic E-state index is 11.9. The first kappa shape index (κ1) is 14.2. The number of piperidine rings is 1. The van der Waals surface area contributed by atoms with Gasteiger partial charge in [0.05, 0.1) is 0 Å². The molecule has 2 heterocycles.